The maximum absolute atomic E-state index is 10.8. The number of hydrogen-bond donors (Lipinski definition) is 2. The molecule has 1 atom stereocenters. The number of rotatable bonds is 6. The number of benzene rings is 3. The Bertz CT molecular complexity index is 1350. The SMILES string of the molecule is COc1cc([C@@H]2C(C#N)=C(N)Oc3cc(O)ccc32)cc(I)c1OCc1ccc([N+](=O)[O-])cc1. The Kier molecular flexibility index (Phi) is 6.47. The normalized spacial score (nSPS) is 14.6. The predicted octanol–water partition coefficient (Wildman–Crippen LogP) is 4.71. The van der Waals surface area contributed by atoms with Gasteiger partial charge in [0.15, 0.2) is 11.5 Å². The van der Waals surface area contributed by atoms with Crippen LogP contribution in [-0.2, 0) is 6.61 Å². The largest absolute Gasteiger partial charge is 0.508 e. The molecule has 0 fully saturated rings. The molecule has 3 aromatic carbocycles. The van der Waals surface area contributed by atoms with Gasteiger partial charge in [-0.05, 0) is 64.0 Å². The number of nitrogens with two attached hydrogens (primary N) is 1. The number of nitro benzene ring substituents is 1. The van der Waals surface area contributed by atoms with Crippen molar-refractivity contribution in [3.05, 3.63) is 96.4 Å². The van der Waals surface area contributed by atoms with Gasteiger partial charge in [0.2, 0.25) is 5.88 Å². The second-order valence-electron chi connectivity index (χ2n) is 7.39. The van der Waals surface area contributed by atoms with Crippen molar-refractivity contribution in [2.24, 2.45) is 5.73 Å². The van der Waals surface area contributed by atoms with E-state index in [0.717, 1.165) is 14.7 Å². The Morgan fingerprint density at radius 3 is 2.62 bits per heavy atom. The van der Waals surface area contributed by atoms with E-state index in [0.29, 0.717) is 22.8 Å². The van der Waals surface area contributed by atoms with Gasteiger partial charge in [-0.1, -0.05) is 6.07 Å². The van der Waals surface area contributed by atoms with Crippen molar-refractivity contribution < 1.29 is 24.2 Å². The fraction of sp³-hybridized carbons (Fsp3) is 0.125. The van der Waals surface area contributed by atoms with E-state index < -0.39 is 10.8 Å². The molecule has 172 valence electrons. The molecule has 0 aromatic heterocycles. The van der Waals surface area contributed by atoms with Crippen molar-refractivity contribution in [3.8, 4) is 29.1 Å². The summed E-state index contributed by atoms with van der Waals surface area (Å²) in [6.45, 7) is 0.180. The Hall–Kier alpha value is -3.98. The molecule has 1 aliphatic heterocycles. The molecule has 0 unspecified atom stereocenters. The number of hydrogen-bond acceptors (Lipinski definition) is 8. The molecular weight excluding hydrogens is 553 g/mol. The third-order valence-corrected chi connectivity index (χ3v) is 6.12. The van der Waals surface area contributed by atoms with Crippen molar-refractivity contribution in [2.75, 3.05) is 7.11 Å². The van der Waals surface area contributed by atoms with Gasteiger partial charge in [-0.3, -0.25) is 10.1 Å². The summed E-state index contributed by atoms with van der Waals surface area (Å²) in [5.41, 5.74) is 8.44. The molecule has 0 saturated heterocycles. The molecule has 1 heterocycles. The summed E-state index contributed by atoms with van der Waals surface area (Å²) < 4.78 is 17.9. The molecule has 10 heteroatoms. The molecule has 0 bridgehead atoms. The van der Waals surface area contributed by atoms with Crippen molar-refractivity contribution in [2.45, 2.75) is 12.5 Å². The minimum atomic E-state index is -0.527. The molecule has 9 nitrogen and oxygen atoms in total. The first kappa shape index (κ1) is 23.2. The van der Waals surface area contributed by atoms with Gasteiger partial charge in [-0.2, -0.15) is 5.26 Å². The summed E-state index contributed by atoms with van der Waals surface area (Å²) in [6, 6.07) is 16.5. The van der Waals surface area contributed by atoms with Gasteiger partial charge in [0, 0.05) is 23.8 Å². The standard InChI is InChI=1S/C24H18IN3O6/c1-32-21-9-14(22-17-7-6-16(29)10-20(17)34-24(27)18(22)11-26)8-19(25)23(21)33-12-13-2-4-15(5-3-13)28(30)31/h2-10,22,29H,12,27H2,1H3/t22-/m0/s1. The van der Waals surface area contributed by atoms with E-state index in [9.17, 15) is 20.5 Å². The monoisotopic (exact) mass is 571 g/mol. The van der Waals surface area contributed by atoms with Gasteiger partial charge in [0.25, 0.3) is 5.69 Å². The van der Waals surface area contributed by atoms with Crippen LogP contribution in [0.25, 0.3) is 0 Å². The fourth-order valence-corrected chi connectivity index (χ4v) is 4.48. The number of non-ortho nitro benzene ring substituents is 1. The van der Waals surface area contributed by atoms with Crippen LogP contribution in [0.3, 0.4) is 0 Å². The van der Waals surface area contributed by atoms with E-state index >= 15 is 0 Å². The zero-order valence-corrected chi connectivity index (χ0v) is 20.0. The van der Waals surface area contributed by atoms with Gasteiger partial charge in [-0.15, -0.1) is 0 Å². The average Bonchev–Trinajstić information content (AvgIpc) is 2.82. The minimum Gasteiger partial charge on any atom is -0.508 e. The third kappa shape index (κ3) is 4.42. The first-order valence-corrected chi connectivity index (χ1v) is 11.0. The summed E-state index contributed by atoms with van der Waals surface area (Å²) in [5.74, 6) is 0.783. The van der Waals surface area contributed by atoms with Crippen molar-refractivity contribution in [1.82, 2.24) is 0 Å². The van der Waals surface area contributed by atoms with Crippen LogP contribution in [0.15, 0.2) is 66.1 Å². The molecule has 34 heavy (non-hydrogen) atoms. The lowest BCUT2D eigenvalue weighted by molar-refractivity contribution is -0.384. The smallest absolute Gasteiger partial charge is 0.269 e. The van der Waals surface area contributed by atoms with Gasteiger partial charge >= 0.3 is 0 Å². The van der Waals surface area contributed by atoms with E-state index in [-0.39, 0.29) is 29.5 Å². The number of phenolic OH excluding ortho intramolecular Hbond substituents is 1. The number of fused-ring (bicyclic) bond motifs is 1. The highest BCUT2D eigenvalue weighted by molar-refractivity contribution is 14.1. The van der Waals surface area contributed by atoms with Crippen LogP contribution in [0.1, 0.15) is 22.6 Å². The van der Waals surface area contributed by atoms with Crippen LogP contribution in [0, 0.1) is 25.0 Å². The molecule has 4 rings (SSSR count). The average molecular weight is 571 g/mol. The van der Waals surface area contributed by atoms with E-state index in [2.05, 4.69) is 28.7 Å². The molecule has 0 spiro atoms. The van der Waals surface area contributed by atoms with Crippen LogP contribution in [0.5, 0.6) is 23.0 Å². The first-order chi connectivity index (χ1) is 16.3. The highest BCUT2D eigenvalue weighted by atomic mass is 127. The maximum Gasteiger partial charge on any atom is 0.269 e. The third-order valence-electron chi connectivity index (χ3n) is 5.32. The van der Waals surface area contributed by atoms with Gasteiger partial charge in [0.05, 0.1) is 21.5 Å². The number of nitriles is 1. The van der Waals surface area contributed by atoms with E-state index in [4.69, 9.17) is 19.9 Å². The number of methoxy groups -OCH3 is 1. The molecule has 3 aromatic rings. The predicted molar refractivity (Wildman–Crippen MR) is 131 cm³/mol. The van der Waals surface area contributed by atoms with Crippen LogP contribution in [0.4, 0.5) is 5.69 Å². The highest BCUT2D eigenvalue weighted by Crippen LogP contribution is 2.46. The number of phenols is 1. The van der Waals surface area contributed by atoms with Crippen molar-refractivity contribution >= 4 is 28.3 Å². The Morgan fingerprint density at radius 1 is 1.24 bits per heavy atom. The Balaban J connectivity index is 1.69. The molecular formula is C24H18IN3O6. The van der Waals surface area contributed by atoms with Gasteiger partial charge in [-0.25, -0.2) is 0 Å². The van der Waals surface area contributed by atoms with E-state index in [1.54, 1.807) is 24.3 Å². The minimum absolute atomic E-state index is 0.00551. The second kappa shape index (κ2) is 9.48. The summed E-state index contributed by atoms with van der Waals surface area (Å²) >= 11 is 2.12. The summed E-state index contributed by atoms with van der Waals surface area (Å²) in [7, 11) is 1.51. The molecule has 3 N–H and O–H groups in total. The fourth-order valence-electron chi connectivity index (χ4n) is 3.70. The zero-order chi connectivity index (χ0) is 24.4. The first-order valence-electron chi connectivity index (χ1n) is 9.96. The van der Waals surface area contributed by atoms with Crippen molar-refractivity contribution in [1.29, 1.82) is 5.26 Å². The molecule has 0 aliphatic carbocycles. The zero-order valence-electron chi connectivity index (χ0n) is 17.8. The maximum atomic E-state index is 10.8. The van der Waals surface area contributed by atoms with Crippen LogP contribution in [0.2, 0.25) is 0 Å². The van der Waals surface area contributed by atoms with Crippen LogP contribution in [-0.4, -0.2) is 17.1 Å². The molecule has 0 amide bonds. The summed E-state index contributed by atoms with van der Waals surface area (Å²) in [4.78, 5) is 10.4. The van der Waals surface area contributed by atoms with Crippen LogP contribution < -0.4 is 19.9 Å². The Morgan fingerprint density at radius 2 is 1.97 bits per heavy atom. The second-order valence-corrected chi connectivity index (χ2v) is 8.56. The van der Waals surface area contributed by atoms with Crippen molar-refractivity contribution in [3.63, 3.8) is 0 Å². The molecule has 0 saturated carbocycles. The number of nitro groups is 1. The number of allylic oxidation sites excluding steroid dienone is 1. The number of nitrogens with zero attached hydrogens (tertiary/aromatic N) is 2. The Labute approximate surface area is 208 Å². The topological polar surface area (TPSA) is 141 Å². The van der Waals surface area contributed by atoms with Gasteiger partial charge < -0.3 is 25.1 Å². The number of halogens is 1. The van der Waals surface area contributed by atoms with Gasteiger partial charge in [0.1, 0.15) is 29.7 Å². The number of aromatic hydroxyl groups is 1. The van der Waals surface area contributed by atoms with Crippen LogP contribution >= 0.6 is 22.6 Å². The number of ether oxygens (including phenoxy) is 3. The summed E-state index contributed by atoms with van der Waals surface area (Å²) in [6.07, 6.45) is 0. The summed E-state index contributed by atoms with van der Waals surface area (Å²) in [5, 5.41) is 30.5. The van der Waals surface area contributed by atoms with E-state index in [1.165, 1.54) is 31.4 Å². The lowest BCUT2D eigenvalue weighted by Crippen LogP contribution is -2.21. The lowest BCUT2D eigenvalue weighted by atomic mass is 9.83. The lowest BCUT2D eigenvalue weighted by Gasteiger charge is -2.27. The highest BCUT2D eigenvalue weighted by Gasteiger charge is 2.32. The van der Waals surface area contributed by atoms with E-state index in [1.807, 2.05) is 6.07 Å². The molecule has 0 radical (unpaired) electrons. The quantitative estimate of drug-likeness (QED) is 0.246. The molecule has 1 aliphatic rings.